The molecule has 6 nitrogen and oxygen atoms in total. The van der Waals surface area contributed by atoms with Crippen LogP contribution in [0, 0.1) is 13.8 Å². The van der Waals surface area contributed by atoms with Crippen LogP contribution in [0.3, 0.4) is 0 Å². The number of benzene rings is 2. The quantitative estimate of drug-likeness (QED) is 0.851. The highest BCUT2D eigenvalue weighted by Crippen LogP contribution is 2.28. The lowest BCUT2D eigenvalue weighted by molar-refractivity contribution is -0.118. The molecule has 6 heteroatoms. The Kier molecular flexibility index (Phi) is 5.42. The molecule has 2 N–H and O–H groups in total. The lowest BCUT2D eigenvalue weighted by Crippen LogP contribution is -2.20. The Labute approximate surface area is 140 Å². The van der Waals surface area contributed by atoms with E-state index in [1.165, 1.54) is 25.3 Å². The van der Waals surface area contributed by atoms with E-state index in [9.17, 15) is 9.59 Å². The number of carboxylic acid groups (broad SMARTS) is 1. The number of carbonyl (C=O) groups excluding carboxylic acids is 1. The number of carbonyl (C=O) groups is 2. The number of ether oxygens (including phenoxy) is 2. The fourth-order valence-corrected chi connectivity index (χ4v) is 2.31. The minimum Gasteiger partial charge on any atom is -0.493 e. The molecule has 0 aliphatic carbocycles. The van der Waals surface area contributed by atoms with E-state index in [1.807, 2.05) is 32.0 Å². The van der Waals surface area contributed by atoms with Crippen LogP contribution in [-0.2, 0) is 4.79 Å². The third kappa shape index (κ3) is 4.49. The second-order valence-corrected chi connectivity index (χ2v) is 5.38. The standard InChI is InChI=1S/C18H19NO5/c1-11-6-12(2)8-14(7-11)19-17(20)10-24-15-5-4-13(18(21)22)9-16(15)23-3/h4-9H,10H2,1-3H3,(H,19,20)(H,21,22). The van der Waals surface area contributed by atoms with E-state index in [1.54, 1.807) is 0 Å². The van der Waals surface area contributed by atoms with Gasteiger partial charge in [0.25, 0.3) is 5.91 Å². The first-order valence-corrected chi connectivity index (χ1v) is 7.31. The van der Waals surface area contributed by atoms with Gasteiger partial charge in [-0.25, -0.2) is 4.79 Å². The van der Waals surface area contributed by atoms with Gasteiger partial charge in [-0.05, 0) is 55.3 Å². The first-order chi connectivity index (χ1) is 11.4. The molecule has 0 atom stereocenters. The summed E-state index contributed by atoms with van der Waals surface area (Å²) in [6.07, 6.45) is 0. The fraction of sp³-hybridized carbons (Fsp3) is 0.222. The normalized spacial score (nSPS) is 10.1. The molecular formula is C18H19NO5. The number of carboxylic acids is 1. The van der Waals surface area contributed by atoms with Crippen molar-refractivity contribution in [2.24, 2.45) is 0 Å². The highest BCUT2D eigenvalue weighted by Gasteiger charge is 2.12. The van der Waals surface area contributed by atoms with Crippen molar-refractivity contribution in [3.63, 3.8) is 0 Å². The van der Waals surface area contributed by atoms with E-state index in [0.29, 0.717) is 11.4 Å². The van der Waals surface area contributed by atoms with E-state index in [4.69, 9.17) is 14.6 Å². The maximum atomic E-state index is 12.0. The predicted octanol–water partition coefficient (Wildman–Crippen LogP) is 3.03. The van der Waals surface area contributed by atoms with Gasteiger partial charge in [0.15, 0.2) is 18.1 Å². The number of aromatic carboxylic acids is 1. The van der Waals surface area contributed by atoms with Gasteiger partial charge in [0, 0.05) is 5.69 Å². The second kappa shape index (κ2) is 7.50. The summed E-state index contributed by atoms with van der Waals surface area (Å²) in [6.45, 7) is 3.69. The molecule has 0 heterocycles. The minimum absolute atomic E-state index is 0.0823. The molecule has 0 spiro atoms. The van der Waals surface area contributed by atoms with E-state index >= 15 is 0 Å². The van der Waals surface area contributed by atoms with Crippen molar-refractivity contribution in [1.29, 1.82) is 0 Å². The summed E-state index contributed by atoms with van der Waals surface area (Å²) < 4.78 is 10.5. The molecule has 24 heavy (non-hydrogen) atoms. The van der Waals surface area contributed by atoms with E-state index in [0.717, 1.165) is 11.1 Å². The van der Waals surface area contributed by atoms with Gasteiger partial charge in [-0.3, -0.25) is 4.79 Å². The number of methoxy groups -OCH3 is 1. The zero-order chi connectivity index (χ0) is 17.7. The Hall–Kier alpha value is -3.02. The van der Waals surface area contributed by atoms with Crippen molar-refractivity contribution in [3.8, 4) is 11.5 Å². The molecule has 0 fully saturated rings. The Morgan fingerprint density at radius 3 is 2.29 bits per heavy atom. The summed E-state index contributed by atoms with van der Waals surface area (Å²) in [5.74, 6) is -0.816. The molecule has 0 radical (unpaired) electrons. The largest absolute Gasteiger partial charge is 0.493 e. The van der Waals surface area contributed by atoms with Crippen LogP contribution in [0.1, 0.15) is 21.5 Å². The maximum absolute atomic E-state index is 12.0. The molecule has 0 saturated carbocycles. The smallest absolute Gasteiger partial charge is 0.335 e. The minimum atomic E-state index is -1.06. The highest BCUT2D eigenvalue weighted by molar-refractivity contribution is 5.92. The Morgan fingerprint density at radius 2 is 1.71 bits per heavy atom. The van der Waals surface area contributed by atoms with Crippen LogP contribution in [0.5, 0.6) is 11.5 Å². The maximum Gasteiger partial charge on any atom is 0.335 e. The number of amides is 1. The van der Waals surface area contributed by atoms with E-state index < -0.39 is 5.97 Å². The second-order valence-electron chi connectivity index (χ2n) is 5.38. The SMILES string of the molecule is COc1cc(C(=O)O)ccc1OCC(=O)Nc1cc(C)cc(C)c1. The van der Waals surface area contributed by atoms with Gasteiger partial charge in [0.1, 0.15) is 0 Å². The fourth-order valence-electron chi connectivity index (χ4n) is 2.31. The molecule has 0 aromatic heterocycles. The molecule has 2 aromatic rings. The Bertz CT molecular complexity index is 750. The van der Waals surface area contributed by atoms with Crippen LogP contribution < -0.4 is 14.8 Å². The van der Waals surface area contributed by atoms with Gasteiger partial charge >= 0.3 is 5.97 Å². The van der Waals surface area contributed by atoms with Gasteiger partial charge in [-0.1, -0.05) is 6.07 Å². The first-order valence-electron chi connectivity index (χ1n) is 7.31. The number of rotatable bonds is 6. The molecule has 0 aliphatic heterocycles. The van der Waals surface area contributed by atoms with Gasteiger partial charge in [-0.2, -0.15) is 0 Å². The summed E-state index contributed by atoms with van der Waals surface area (Å²) in [4.78, 5) is 23.0. The number of nitrogens with one attached hydrogen (secondary N) is 1. The average Bonchev–Trinajstić information content (AvgIpc) is 2.51. The molecule has 0 unspecified atom stereocenters. The summed E-state index contributed by atoms with van der Waals surface area (Å²) in [5, 5.41) is 11.7. The van der Waals surface area contributed by atoms with Crippen molar-refractivity contribution in [1.82, 2.24) is 0 Å². The van der Waals surface area contributed by atoms with Gasteiger partial charge in [-0.15, -0.1) is 0 Å². The zero-order valence-electron chi connectivity index (χ0n) is 13.8. The molecule has 0 bridgehead atoms. The van der Waals surface area contributed by atoms with Gasteiger partial charge in [0.2, 0.25) is 0 Å². The van der Waals surface area contributed by atoms with Gasteiger partial charge < -0.3 is 19.9 Å². The van der Waals surface area contributed by atoms with Crippen molar-refractivity contribution in [2.75, 3.05) is 19.0 Å². The van der Waals surface area contributed by atoms with Crippen molar-refractivity contribution in [3.05, 3.63) is 53.1 Å². The summed E-state index contributed by atoms with van der Waals surface area (Å²) >= 11 is 0. The molecule has 2 rings (SSSR count). The number of hydrogen-bond donors (Lipinski definition) is 2. The highest BCUT2D eigenvalue weighted by atomic mass is 16.5. The van der Waals surface area contributed by atoms with Crippen LogP contribution in [-0.4, -0.2) is 30.7 Å². The molecular weight excluding hydrogens is 310 g/mol. The summed E-state index contributed by atoms with van der Waals surface area (Å²) in [7, 11) is 1.41. The van der Waals surface area contributed by atoms with Crippen LogP contribution in [0.25, 0.3) is 0 Å². The third-order valence-corrected chi connectivity index (χ3v) is 3.27. The van der Waals surface area contributed by atoms with Crippen molar-refractivity contribution >= 4 is 17.6 Å². The van der Waals surface area contributed by atoms with Crippen LogP contribution in [0.15, 0.2) is 36.4 Å². The third-order valence-electron chi connectivity index (χ3n) is 3.27. The van der Waals surface area contributed by atoms with Crippen LogP contribution >= 0.6 is 0 Å². The van der Waals surface area contributed by atoms with E-state index in [2.05, 4.69) is 5.32 Å². The summed E-state index contributed by atoms with van der Waals surface area (Å²) in [6, 6.07) is 9.95. The number of hydrogen-bond acceptors (Lipinski definition) is 4. The lowest BCUT2D eigenvalue weighted by Gasteiger charge is -2.12. The number of aryl methyl sites for hydroxylation is 2. The first kappa shape index (κ1) is 17.3. The van der Waals surface area contributed by atoms with Crippen molar-refractivity contribution < 1.29 is 24.2 Å². The zero-order valence-corrected chi connectivity index (χ0v) is 13.8. The summed E-state index contributed by atoms with van der Waals surface area (Å²) in [5.41, 5.74) is 2.89. The molecule has 126 valence electrons. The molecule has 0 aliphatic rings. The van der Waals surface area contributed by atoms with Crippen molar-refractivity contribution in [2.45, 2.75) is 13.8 Å². The molecule has 1 amide bonds. The Balaban J connectivity index is 2.02. The van der Waals surface area contributed by atoms with Gasteiger partial charge in [0.05, 0.1) is 12.7 Å². The molecule has 2 aromatic carbocycles. The van der Waals surface area contributed by atoms with Crippen LogP contribution in [0.2, 0.25) is 0 Å². The predicted molar refractivity (Wildman–Crippen MR) is 90.0 cm³/mol. The lowest BCUT2D eigenvalue weighted by atomic mass is 10.1. The average molecular weight is 329 g/mol. The molecule has 0 saturated heterocycles. The monoisotopic (exact) mass is 329 g/mol. The van der Waals surface area contributed by atoms with Crippen LogP contribution in [0.4, 0.5) is 5.69 Å². The topological polar surface area (TPSA) is 84.9 Å². The van der Waals surface area contributed by atoms with E-state index in [-0.39, 0.29) is 23.8 Å². The Morgan fingerprint density at radius 1 is 1.04 bits per heavy atom. The number of anilines is 1.